The molecular formula is C9H20N3O3P. The van der Waals surface area contributed by atoms with Gasteiger partial charge in [-0.05, 0) is 39.1 Å². The minimum Gasteiger partial charge on any atom is -0.313 e. The van der Waals surface area contributed by atoms with Crippen molar-refractivity contribution < 1.29 is 13.6 Å². The third kappa shape index (κ3) is 8.89. The molecule has 0 aromatic heterocycles. The van der Waals surface area contributed by atoms with Crippen LogP contribution < -0.4 is 0 Å². The van der Waals surface area contributed by atoms with Gasteiger partial charge >= 0.3 is 8.60 Å². The van der Waals surface area contributed by atoms with Crippen LogP contribution in [0.2, 0.25) is 0 Å². The lowest BCUT2D eigenvalue weighted by atomic mass is 10.2. The van der Waals surface area contributed by atoms with Crippen molar-refractivity contribution in [3.63, 3.8) is 0 Å². The highest BCUT2D eigenvalue weighted by Gasteiger charge is 2.14. The average molecular weight is 249 g/mol. The molecule has 1 atom stereocenters. The minimum atomic E-state index is -1.23. The van der Waals surface area contributed by atoms with E-state index in [1.807, 2.05) is 20.8 Å². The van der Waals surface area contributed by atoms with Gasteiger partial charge in [-0.2, -0.15) is 0 Å². The Bertz CT molecular complexity index is 206. The summed E-state index contributed by atoms with van der Waals surface area (Å²) in [5.74, 6) is 0. The molecule has 1 unspecified atom stereocenters. The lowest BCUT2D eigenvalue weighted by Gasteiger charge is -2.19. The van der Waals surface area contributed by atoms with E-state index in [9.17, 15) is 0 Å². The van der Waals surface area contributed by atoms with E-state index in [2.05, 4.69) is 10.0 Å². The maximum absolute atomic E-state index is 8.11. The standard InChI is InChI=1S/C9H20N3O3P/c1-4-13-16(14-5-2)15-9(3)7-6-8-11-12-10/h9H,4-8H2,1-3H3. The number of hydrogen-bond acceptors (Lipinski definition) is 4. The highest BCUT2D eigenvalue weighted by Crippen LogP contribution is 2.41. The van der Waals surface area contributed by atoms with Gasteiger partial charge in [0, 0.05) is 11.5 Å². The first-order chi connectivity index (χ1) is 7.74. The van der Waals surface area contributed by atoms with Crippen LogP contribution in [-0.2, 0) is 13.6 Å². The first-order valence-electron chi connectivity index (χ1n) is 5.48. The largest absolute Gasteiger partial charge is 0.332 e. The van der Waals surface area contributed by atoms with E-state index < -0.39 is 8.60 Å². The van der Waals surface area contributed by atoms with E-state index in [4.69, 9.17) is 19.1 Å². The van der Waals surface area contributed by atoms with Crippen molar-refractivity contribution in [2.45, 2.75) is 39.7 Å². The molecule has 94 valence electrons. The molecule has 7 heteroatoms. The van der Waals surface area contributed by atoms with Crippen molar-refractivity contribution in [1.29, 1.82) is 0 Å². The van der Waals surface area contributed by atoms with E-state index in [0.29, 0.717) is 19.8 Å². The second-order valence-electron chi connectivity index (χ2n) is 3.07. The zero-order valence-corrected chi connectivity index (χ0v) is 11.0. The Kier molecular flexibility index (Phi) is 10.9. The molecule has 0 heterocycles. The molecule has 0 bridgehead atoms. The lowest BCUT2D eigenvalue weighted by Crippen LogP contribution is -2.07. The predicted molar refractivity (Wildman–Crippen MR) is 64.0 cm³/mol. The van der Waals surface area contributed by atoms with E-state index >= 15 is 0 Å². The monoisotopic (exact) mass is 249 g/mol. The summed E-state index contributed by atoms with van der Waals surface area (Å²) in [7, 11) is -1.23. The minimum absolute atomic E-state index is 0.0538. The van der Waals surface area contributed by atoms with Gasteiger partial charge in [0.1, 0.15) is 0 Å². The highest BCUT2D eigenvalue weighted by atomic mass is 31.2. The van der Waals surface area contributed by atoms with Gasteiger partial charge in [-0.15, -0.1) is 0 Å². The molecule has 0 N–H and O–H groups in total. The van der Waals surface area contributed by atoms with E-state index in [1.54, 1.807) is 0 Å². The van der Waals surface area contributed by atoms with Crippen LogP contribution >= 0.6 is 8.60 Å². The van der Waals surface area contributed by atoms with E-state index in [0.717, 1.165) is 12.8 Å². The lowest BCUT2D eigenvalue weighted by molar-refractivity contribution is 0.127. The third-order valence-electron chi connectivity index (χ3n) is 1.67. The van der Waals surface area contributed by atoms with Crippen molar-refractivity contribution >= 4 is 8.60 Å². The Balaban J connectivity index is 3.70. The molecule has 0 amide bonds. The number of nitrogens with zero attached hydrogens (tertiary/aromatic N) is 3. The van der Waals surface area contributed by atoms with Crippen molar-refractivity contribution in [3.8, 4) is 0 Å². The number of rotatable bonds is 10. The molecule has 0 radical (unpaired) electrons. The molecule has 0 aliphatic heterocycles. The molecule has 0 fully saturated rings. The Labute approximate surface area is 97.9 Å². The number of azide groups is 1. The topological polar surface area (TPSA) is 76.5 Å². The summed E-state index contributed by atoms with van der Waals surface area (Å²) in [6.07, 6.45) is 1.70. The Morgan fingerprint density at radius 2 is 1.94 bits per heavy atom. The van der Waals surface area contributed by atoms with Crippen molar-refractivity contribution in [1.82, 2.24) is 0 Å². The van der Waals surface area contributed by atoms with Gasteiger partial charge in [-0.1, -0.05) is 5.11 Å². The first kappa shape index (κ1) is 15.6. The molecule has 0 saturated carbocycles. The van der Waals surface area contributed by atoms with Gasteiger partial charge in [0.2, 0.25) is 0 Å². The van der Waals surface area contributed by atoms with Crippen LogP contribution in [0.25, 0.3) is 10.4 Å². The predicted octanol–water partition coefficient (Wildman–Crippen LogP) is 3.78. The molecule has 0 aliphatic rings. The van der Waals surface area contributed by atoms with Crippen LogP contribution in [-0.4, -0.2) is 25.9 Å². The summed E-state index contributed by atoms with van der Waals surface area (Å²) in [5, 5.41) is 3.46. The van der Waals surface area contributed by atoms with Crippen LogP contribution in [0.5, 0.6) is 0 Å². The summed E-state index contributed by atoms with van der Waals surface area (Å²) < 4.78 is 16.2. The summed E-state index contributed by atoms with van der Waals surface area (Å²) >= 11 is 0. The molecule has 6 nitrogen and oxygen atoms in total. The van der Waals surface area contributed by atoms with Crippen molar-refractivity contribution in [2.24, 2.45) is 5.11 Å². The molecule has 0 spiro atoms. The fraction of sp³-hybridized carbons (Fsp3) is 1.00. The first-order valence-corrected chi connectivity index (χ1v) is 6.57. The average Bonchev–Trinajstić information content (AvgIpc) is 2.25. The van der Waals surface area contributed by atoms with Crippen LogP contribution in [0, 0.1) is 0 Å². The van der Waals surface area contributed by atoms with Crippen LogP contribution in [0.4, 0.5) is 0 Å². The van der Waals surface area contributed by atoms with Gasteiger partial charge in [0.25, 0.3) is 0 Å². The Hall–Kier alpha value is -0.380. The SMILES string of the molecule is CCOP(OCC)OC(C)CCCN=[N+]=[N-]. The smallest absolute Gasteiger partial charge is 0.313 e. The molecule has 0 rings (SSSR count). The molecule has 0 saturated heterocycles. The Morgan fingerprint density at radius 3 is 2.44 bits per heavy atom. The van der Waals surface area contributed by atoms with Crippen LogP contribution in [0.3, 0.4) is 0 Å². The normalized spacial score (nSPS) is 12.5. The van der Waals surface area contributed by atoms with E-state index in [-0.39, 0.29) is 6.10 Å². The van der Waals surface area contributed by atoms with Gasteiger partial charge in [0.05, 0.1) is 19.3 Å². The molecular weight excluding hydrogens is 229 g/mol. The second-order valence-corrected chi connectivity index (χ2v) is 4.25. The van der Waals surface area contributed by atoms with Crippen molar-refractivity contribution in [3.05, 3.63) is 10.4 Å². The van der Waals surface area contributed by atoms with E-state index in [1.165, 1.54) is 0 Å². The second kappa shape index (κ2) is 11.1. The zero-order valence-electron chi connectivity index (χ0n) is 10.1. The number of hydrogen-bond donors (Lipinski definition) is 0. The van der Waals surface area contributed by atoms with Gasteiger partial charge in [-0.3, -0.25) is 0 Å². The highest BCUT2D eigenvalue weighted by molar-refractivity contribution is 7.41. The molecule has 0 aromatic carbocycles. The fourth-order valence-electron chi connectivity index (χ4n) is 1.00. The summed E-state index contributed by atoms with van der Waals surface area (Å²) in [6, 6.07) is 0. The molecule has 16 heavy (non-hydrogen) atoms. The fourth-order valence-corrected chi connectivity index (χ4v) is 2.02. The van der Waals surface area contributed by atoms with Crippen LogP contribution in [0.15, 0.2) is 5.11 Å². The quantitative estimate of drug-likeness (QED) is 0.194. The summed E-state index contributed by atoms with van der Waals surface area (Å²) in [6.45, 7) is 7.44. The van der Waals surface area contributed by atoms with Gasteiger partial charge in [-0.25, -0.2) is 0 Å². The van der Waals surface area contributed by atoms with Crippen LogP contribution in [0.1, 0.15) is 33.6 Å². The Morgan fingerprint density at radius 1 is 1.31 bits per heavy atom. The maximum atomic E-state index is 8.11. The summed E-state index contributed by atoms with van der Waals surface area (Å²) in [5.41, 5.74) is 8.11. The molecule has 0 aliphatic carbocycles. The molecule has 0 aromatic rings. The zero-order chi connectivity index (χ0) is 12.2. The maximum Gasteiger partial charge on any atom is 0.332 e. The van der Waals surface area contributed by atoms with Gasteiger partial charge in [0.15, 0.2) is 0 Å². The van der Waals surface area contributed by atoms with Crippen molar-refractivity contribution in [2.75, 3.05) is 19.8 Å². The van der Waals surface area contributed by atoms with Gasteiger partial charge < -0.3 is 13.6 Å². The third-order valence-corrected chi connectivity index (χ3v) is 3.14. The summed E-state index contributed by atoms with van der Waals surface area (Å²) in [4.78, 5) is 2.69.